The SMILES string of the molecule is CO[C@@]12CC[C@H](OCCO)C[C@@H]1N(Cc1cccc3c(C)cccc13)CC2. The molecule has 0 spiro atoms. The minimum absolute atomic E-state index is 0.0421. The van der Waals surface area contributed by atoms with Crippen molar-refractivity contribution >= 4 is 10.8 Å². The van der Waals surface area contributed by atoms with Gasteiger partial charge in [-0.15, -0.1) is 0 Å². The predicted molar refractivity (Wildman–Crippen MR) is 108 cm³/mol. The molecule has 0 radical (unpaired) electrons. The standard InChI is InChI=1S/C23H31NO3/c1-17-5-3-8-21-18(6-4-7-20(17)21)16-24-12-11-23(26-2)10-9-19(15-22(23)24)27-14-13-25/h3-8,19,22,25H,9-16H2,1-2H3/t19-,22-,23+/m0/s1. The second-order valence-corrected chi connectivity index (χ2v) is 8.08. The van der Waals surface area contributed by atoms with E-state index in [2.05, 4.69) is 48.2 Å². The van der Waals surface area contributed by atoms with Gasteiger partial charge in [0.1, 0.15) is 0 Å². The van der Waals surface area contributed by atoms with E-state index in [9.17, 15) is 0 Å². The van der Waals surface area contributed by atoms with E-state index in [1.807, 2.05) is 7.11 Å². The summed E-state index contributed by atoms with van der Waals surface area (Å²) in [5, 5.41) is 11.8. The molecule has 2 aromatic rings. The summed E-state index contributed by atoms with van der Waals surface area (Å²) < 4.78 is 12.0. The molecule has 0 amide bonds. The van der Waals surface area contributed by atoms with Gasteiger partial charge in [0.2, 0.25) is 0 Å². The second-order valence-electron chi connectivity index (χ2n) is 8.08. The summed E-state index contributed by atoms with van der Waals surface area (Å²) in [5.41, 5.74) is 2.68. The Morgan fingerprint density at radius 3 is 2.78 bits per heavy atom. The molecule has 4 heteroatoms. The third kappa shape index (κ3) is 3.52. The molecule has 0 unspecified atom stereocenters. The van der Waals surface area contributed by atoms with Crippen molar-refractivity contribution in [3.8, 4) is 0 Å². The minimum Gasteiger partial charge on any atom is -0.394 e. The first kappa shape index (κ1) is 18.9. The van der Waals surface area contributed by atoms with Crippen LogP contribution in [0.2, 0.25) is 0 Å². The Balaban J connectivity index is 1.58. The van der Waals surface area contributed by atoms with E-state index in [0.29, 0.717) is 12.6 Å². The molecule has 0 aromatic heterocycles. The fourth-order valence-electron chi connectivity index (χ4n) is 5.20. The Bertz CT molecular complexity index is 792. The zero-order valence-corrected chi connectivity index (χ0v) is 16.5. The van der Waals surface area contributed by atoms with Gasteiger partial charge in [0, 0.05) is 26.2 Å². The third-order valence-electron chi connectivity index (χ3n) is 6.70. The Kier molecular flexibility index (Phi) is 5.51. The van der Waals surface area contributed by atoms with E-state index in [-0.39, 0.29) is 18.3 Å². The predicted octanol–water partition coefficient (Wildman–Crippen LogP) is 3.67. The number of aliphatic hydroxyl groups is 1. The largest absolute Gasteiger partial charge is 0.394 e. The molecule has 0 bridgehead atoms. The van der Waals surface area contributed by atoms with Gasteiger partial charge in [-0.05, 0) is 54.5 Å². The Labute approximate surface area is 162 Å². The summed E-state index contributed by atoms with van der Waals surface area (Å²) >= 11 is 0. The number of aliphatic hydroxyl groups excluding tert-OH is 1. The van der Waals surface area contributed by atoms with Crippen molar-refractivity contribution in [2.75, 3.05) is 26.9 Å². The van der Waals surface area contributed by atoms with Crippen LogP contribution in [0.1, 0.15) is 36.8 Å². The normalized spacial score (nSPS) is 28.6. The molecule has 2 fully saturated rings. The molecule has 1 aliphatic heterocycles. The number of likely N-dealkylation sites (tertiary alicyclic amines) is 1. The van der Waals surface area contributed by atoms with Gasteiger partial charge < -0.3 is 14.6 Å². The van der Waals surface area contributed by atoms with E-state index < -0.39 is 0 Å². The summed E-state index contributed by atoms with van der Waals surface area (Å²) in [5.74, 6) is 0. The average molecular weight is 370 g/mol. The van der Waals surface area contributed by atoms with E-state index in [0.717, 1.165) is 38.8 Å². The molecular weight excluding hydrogens is 338 g/mol. The third-order valence-corrected chi connectivity index (χ3v) is 6.70. The Morgan fingerprint density at radius 1 is 1.15 bits per heavy atom. The number of ether oxygens (including phenoxy) is 2. The van der Waals surface area contributed by atoms with Gasteiger partial charge in [-0.2, -0.15) is 0 Å². The molecule has 3 atom stereocenters. The van der Waals surface area contributed by atoms with E-state index >= 15 is 0 Å². The van der Waals surface area contributed by atoms with E-state index in [4.69, 9.17) is 14.6 Å². The second kappa shape index (κ2) is 7.88. The van der Waals surface area contributed by atoms with Crippen LogP contribution >= 0.6 is 0 Å². The van der Waals surface area contributed by atoms with Crippen LogP contribution in [0.3, 0.4) is 0 Å². The van der Waals surface area contributed by atoms with Crippen LogP contribution in [0.4, 0.5) is 0 Å². The van der Waals surface area contributed by atoms with Gasteiger partial charge in [-0.25, -0.2) is 0 Å². The average Bonchev–Trinajstić information content (AvgIpc) is 3.05. The van der Waals surface area contributed by atoms with Crippen molar-refractivity contribution in [3.05, 3.63) is 47.5 Å². The smallest absolute Gasteiger partial charge is 0.0847 e. The monoisotopic (exact) mass is 369 g/mol. The molecule has 1 N–H and O–H groups in total. The minimum atomic E-state index is -0.0421. The van der Waals surface area contributed by atoms with Crippen molar-refractivity contribution in [2.24, 2.45) is 0 Å². The fraction of sp³-hybridized carbons (Fsp3) is 0.565. The maximum Gasteiger partial charge on any atom is 0.0847 e. The molecule has 4 nitrogen and oxygen atoms in total. The first-order valence-electron chi connectivity index (χ1n) is 10.2. The summed E-state index contributed by atoms with van der Waals surface area (Å²) in [4.78, 5) is 2.59. The summed E-state index contributed by atoms with van der Waals surface area (Å²) in [6.45, 7) is 4.72. The number of hydrogen-bond acceptors (Lipinski definition) is 4. The highest BCUT2D eigenvalue weighted by Gasteiger charge is 2.51. The fourth-order valence-corrected chi connectivity index (χ4v) is 5.20. The van der Waals surface area contributed by atoms with Crippen LogP contribution in [-0.4, -0.2) is 54.6 Å². The highest BCUT2D eigenvalue weighted by molar-refractivity contribution is 5.88. The first-order valence-corrected chi connectivity index (χ1v) is 10.2. The van der Waals surface area contributed by atoms with Gasteiger partial charge in [0.15, 0.2) is 0 Å². The van der Waals surface area contributed by atoms with Crippen LogP contribution in [0.15, 0.2) is 36.4 Å². The van der Waals surface area contributed by atoms with Crippen LogP contribution in [0.5, 0.6) is 0 Å². The van der Waals surface area contributed by atoms with Gasteiger partial charge in [0.25, 0.3) is 0 Å². The lowest BCUT2D eigenvalue weighted by molar-refractivity contribution is -0.104. The number of fused-ring (bicyclic) bond motifs is 2. The van der Waals surface area contributed by atoms with Crippen LogP contribution < -0.4 is 0 Å². The highest BCUT2D eigenvalue weighted by atomic mass is 16.5. The number of aryl methyl sites for hydroxylation is 1. The van der Waals surface area contributed by atoms with Gasteiger partial charge in [0.05, 0.1) is 24.9 Å². The lowest BCUT2D eigenvalue weighted by Crippen LogP contribution is -2.51. The maximum atomic E-state index is 9.09. The van der Waals surface area contributed by atoms with Crippen molar-refractivity contribution < 1.29 is 14.6 Å². The topological polar surface area (TPSA) is 41.9 Å². The van der Waals surface area contributed by atoms with Gasteiger partial charge in [-0.1, -0.05) is 36.4 Å². The number of methoxy groups -OCH3 is 1. The molecule has 1 saturated carbocycles. The zero-order chi connectivity index (χ0) is 18.9. The number of rotatable bonds is 6. The molecule has 1 aliphatic carbocycles. The Hall–Kier alpha value is -1.46. The van der Waals surface area contributed by atoms with E-state index in [1.165, 1.54) is 21.9 Å². The number of nitrogens with zero attached hydrogens (tertiary/aromatic N) is 1. The lowest BCUT2D eigenvalue weighted by Gasteiger charge is -2.43. The molecule has 4 rings (SSSR count). The molecule has 2 aliphatic rings. The Morgan fingerprint density at radius 2 is 1.96 bits per heavy atom. The highest BCUT2D eigenvalue weighted by Crippen LogP contribution is 2.44. The van der Waals surface area contributed by atoms with Gasteiger partial charge in [-0.3, -0.25) is 4.90 Å². The number of benzene rings is 2. The van der Waals surface area contributed by atoms with Crippen LogP contribution in [-0.2, 0) is 16.0 Å². The molecule has 1 saturated heterocycles. The number of hydrogen-bond donors (Lipinski definition) is 1. The van der Waals surface area contributed by atoms with E-state index in [1.54, 1.807) is 0 Å². The van der Waals surface area contributed by atoms with Crippen molar-refractivity contribution in [2.45, 2.75) is 56.9 Å². The van der Waals surface area contributed by atoms with Crippen LogP contribution in [0.25, 0.3) is 10.8 Å². The van der Waals surface area contributed by atoms with Crippen molar-refractivity contribution in [1.29, 1.82) is 0 Å². The van der Waals surface area contributed by atoms with Crippen molar-refractivity contribution in [3.63, 3.8) is 0 Å². The summed E-state index contributed by atoms with van der Waals surface area (Å²) in [7, 11) is 1.87. The maximum absolute atomic E-state index is 9.09. The van der Waals surface area contributed by atoms with Gasteiger partial charge >= 0.3 is 0 Å². The summed E-state index contributed by atoms with van der Waals surface area (Å²) in [6, 6.07) is 13.6. The first-order chi connectivity index (χ1) is 13.2. The van der Waals surface area contributed by atoms with Crippen LogP contribution in [0, 0.1) is 6.92 Å². The molecule has 146 valence electrons. The molecular formula is C23H31NO3. The summed E-state index contributed by atoms with van der Waals surface area (Å²) in [6.07, 6.45) is 4.35. The quantitative estimate of drug-likeness (QED) is 0.844. The molecule has 27 heavy (non-hydrogen) atoms. The van der Waals surface area contributed by atoms with Crippen molar-refractivity contribution in [1.82, 2.24) is 4.90 Å². The molecule has 2 aromatic carbocycles. The molecule has 1 heterocycles. The zero-order valence-electron chi connectivity index (χ0n) is 16.5. The lowest BCUT2D eigenvalue weighted by atomic mass is 9.79.